The van der Waals surface area contributed by atoms with Crippen LogP contribution >= 0.6 is 11.6 Å². The molecule has 0 spiro atoms. The highest BCUT2D eigenvalue weighted by molar-refractivity contribution is 6.31. The number of esters is 1. The van der Waals surface area contributed by atoms with Crippen molar-refractivity contribution in [3.05, 3.63) is 28.8 Å². The highest BCUT2D eigenvalue weighted by Gasteiger charge is 2.18. The van der Waals surface area contributed by atoms with Gasteiger partial charge in [0.1, 0.15) is 0 Å². The van der Waals surface area contributed by atoms with Gasteiger partial charge in [-0.1, -0.05) is 11.6 Å². The van der Waals surface area contributed by atoms with Crippen molar-refractivity contribution in [1.29, 1.82) is 0 Å². The Morgan fingerprint density at radius 3 is 2.70 bits per heavy atom. The van der Waals surface area contributed by atoms with Gasteiger partial charge in [-0.25, -0.2) is 4.79 Å². The lowest BCUT2D eigenvalue weighted by molar-refractivity contribution is -0.117. The smallest absolute Gasteiger partial charge is 0.339 e. The fourth-order valence-corrected chi connectivity index (χ4v) is 1.68. The standard InChI is InChI=1S/C13H17ClN2O4/c1-19-6-5-10(15)12(17)16-11-7-8(14)3-4-9(11)13(18)20-2/h3-4,7,10H,5-6,15H2,1-2H3,(H,16,17). The molecular weight excluding hydrogens is 284 g/mol. The maximum Gasteiger partial charge on any atom is 0.339 e. The van der Waals surface area contributed by atoms with Gasteiger partial charge in [0.15, 0.2) is 0 Å². The zero-order valence-electron chi connectivity index (χ0n) is 11.3. The summed E-state index contributed by atoms with van der Waals surface area (Å²) in [6.07, 6.45) is 0.371. The molecule has 7 heteroatoms. The van der Waals surface area contributed by atoms with Gasteiger partial charge in [0.2, 0.25) is 5.91 Å². The van der Waals surface area contributed by atoms with E-state index in [9.17, 15) is 9.59 Å². The SMILES string of the molecule is COCCC(N)C(=O)Nc1cc(Cl)ccc1C(=O)OC. The second-order valence-electron chi connectivity index (χ2n) is 4.06. The van der Waals surface area contributed by atoms with E-state index in [1.165, 1.54) is 32.4 Å². The van der Waals surface area contributed by atoms with Gasteiger partial charge < -0.3 is 20.5 Å². The third-order valence-electron chi connectivity index (χ3n) is 2.61. The number of rotatable bonds is 6. The van der Waals surface area contributed by atoms with E-state index >= 15 is 0 Å². The van der Waals surface area contributed by atoms with Crippen molar-refractivity contribution in [3.8, 4) is 0 Å². The number of nitrogens with one attached hydrogen (secondary N) is 1. The van der Waals surface area contributed by atoms with Crippen LogP contribution in [-0.2, 0) is 14.3 Å². The second-order valence-corrected chi connectivity index (χ2v) is 4.50. The van der Waals surface area contributed by atoms with Gasteiger partial charge in [0.05, 0.1) is 24.4 Å². The molecule has 0 saturated heterocycles. The Balaban J connectivity index is 2.87. The van der Waals surface area contributed by atoms with Crippen molar-refractivity contribution in [2.24, 2.45) is 5.73 Å². The summed E-state index contributed by atoms with van der Waals surface area (Å²) in [5, 5.41) is 2.96. The molecule has 6 nitrogen and oxygen atoms in total. The first-order valence-corrected chi connectivity index (χ1v) is 6.30. The Kier molecular flexibility index (Phi) is 6.44. The van der Waals surface area contributed by atoms with Crippen molar-refractivity contribution in [3.63, 3.8) is 0 Å². The van der Waals surface area contributed by atoms with Crippen LogP contribution in [0.25, 0.3) is 0 Å². The van der Waals surface area contributed by atoms with E-state index in [1.54, 1.807) is 0 Å². The summed E-state index contributed by atoms with van der Waals surface area (Å²) < 4.78 is 9.50. The summed E-state index contributed by atoms with van der Waals surface area (Å²) >= 11 is 5.86. The predicted octanol–water partition coefficient (Wildman–Crippen LogP) is 1.43. The molecule has 0 saturated carbocycles. The van der Waals surface area contributed by atoms with Crippen LogP contribution in [0.3, 0.4) is 0 Å². The number of hydrogen-bond donors (Lipinski definition) is 2. The number of halogens is 1. The molecule has 0 aliphatic rings. The number of hydrogen-bond acceptors (Lipinski definition) is 5. The molecule has 0 aliphatic heterocycles. The largest absolute Gasteiger partial charge is 0.465 e. The summed E-state index contributed by atoms with van der Waals surface area (Å²) in [6.45, 7) is 0.369. The van der Waals surface area contributed by atoms with Gasteiger partial charge in [-0.05, 0) is 24.6 Å². The van der Waals surface area contributed by atoms with Crippen LogP contribution in [0.5, 0.6) is 0 Å². The summed E-state index contributed by atoms with van der Waals surface area (Å²) in [5.41, 5.74) is 6.18. The average molecular weight is 301 g/mol. The first-order valence-electron chi connectivity index (χ1n) is 5.92. The number of nitrogens with two attached hydrogens (primary N) is 1. The Bertz CT molecular complexity index is 493. The first-order chi connectivity index (χ1) is 9.49. The van der Waals surface area contributed by atoms with Crippen molar-refractivity contribution in [2.45, 2.75) is 12.5 Å². The average Bonchev–Trinajstić information content (AvgIpc) is 2.44. The molecule has 20 heavy (non-hydrogen) atoms. The summed E-state index contributed by atoms with van der Waals surface area (Å²) in [5.74, 6) is -0.989. The Hall–Kier alpha value is -1.63. The maximum atomic E-state index is 11.9. The van der Waals surface area contributed by atoms with Crippen LogP contribution in [0.4, 0.5) is 5.69 Å². The quantitative estimate of drug-likeness (QED) is 0.776. The molecule has 0 aliphatic carbocycles. The minimum Gasteiger partial charge on any atom is -0.465 e. The molecular formula is C13H17ClN2O4. The topological polar surface area (TPSA) is 90.6 Å². The lowest BCUT2D eigenvalue weighted by Crippen LogP contribution is -2.36. The van der Waals surface area contributed by atoms with Gasteiger partial charge in [-0.15, -0.1) is 0 Å². The molecule has 1 unspecified atom stereocenters. The summed E-state index contributed by atoms with van der Waals surface area (Å²) in [7, 11) is 2.78. The molecule has 110 valence electrons. The van der Waals surface area contributed by atoms with Crippen molar-refractivity contribution in [1.82, 2.24) is 0 Å². The van der Waals surface area contributed by atoms with E-state index in [0.717, 1.165) is 0 Å². The minimum atomic E-state index is -0.737. The zero-order valence-corrected chi connectivity index (χ0v) is 12.1. The number of amides is 1. The molecule has 0 heterocycles. The monoisotopic (exact) mass is 300 g/mol. The van der Waals surface area contributed by atoms with Gasteiger partial charge in [-0.3, -0.25) is 4.79 Å². The number of anilines is 1. The molecule has 0 fully saturated rings. The number of benzene rings is 1. The number of methoxy groups -OCH3 is 2. The van der Waals surface area contributed by atoms with Crippen molar-refractivity contribution in [2.75, 3.05) is 26.1 Å². The Morgan fingerprint density at radius 1 is 1.40 bits per heavy atom. The lowest BCUT2D eigenvalue weighted by Gasteiger charge is -2.14. The van der Waals surface area contributed by atoms with E-state index in [1.807, 2.05) is 0 Å². The second kappa shape index (κ2) is 7.84. The molecule has 0 aromatic heterocycles. The van der Waals surface area contributed by atoms with Crippen LogP contribution < -0.4 is 11.1 Å². The van der Waals surface area contributed by atoms with Crippen LogP contribution in [0, 0.1) is 0 Å². The van der Waals surface area contributed by atoms with E-state index < -0.39 is 17.9 Å². The summed E-state index contributed by atoms with van der Waals surface area (Å²) in [6, 6.07) is 3.74. The van der Waals surface area contributed by atoms with Crippen LogP contribution in [-0.4, -0.2) is 38.7 Å². The van der Waals surface area contributed by atoms with Crippen LogP contribution in [0.2, 0.25) is 5.02 Å². The molecule has 1 atom stereocenters. The third-order valence-corrected chi connectivity index (χ3v) is 2.85. The van der Waals surface area contributed by atoms with Gasteiger partial charge in [0.25, 0.3) is 0 Å². The highest BCUT2D eigenvalue weighted by atomic mass is 35.5. The molecule has 1 amide bonds. The fourth-order valence-electron chi connectivity index (χ4n) is 1.51. The highest BCUT2D eigenvalue weighted by Crippen LogP contribution is 2.22. The first kappa shape index (κ1) is 16.4. The predicted molar refractivity (Wildman–Crippen MR) is 75.9 cm³/mol. The van der Waals surface area contributed by atoms with Gasteiger partial charge in [-0.2, -0.15) is 0 Å². The van der Waals surface area contributed by atoms with Gasteiger partial charge in [0, 0.05) is 18.7 Å². The fraction of sp³-hybridized carbons (Fsp3) is 0.385. The molecule has 1 aromatic carbocycles. The number of carbonyl (C=O) groups excluding carboxylic acids is 2. The number of ether oxygens (including phenoxy) is 2. The van der Waals surface area contributed by atoms with Crippen molar-refractivity contribution < 1.29 is 19.1 Å². The Morgan fingerprint density at radius 2 is 2.10 bits per heavy atom. The normalized spacial score (nSPS) is 11.8. The van der Waals surface area contributed by atoms with E-state index in [4.69, 9.17) is 22.1 Å². The van der Waals surface area contributed by atoms with Gasteiger partial charge >= 0.3 is 5.97 Å². The molecule has 1 aromatic rings. The lowest BCUT2D eigenvalue weighted by atomic mass is 10.1. The minimum absolute atomic E-state index is 0.212. The molecule has 0 radical (unpaired) electrons. The molecule has 1 rings (SSSR count). The molecule has 0 bridgehead atoms. The van der Waals surface area contributed by atoms with E-state index in [2.05, 4.69) is 10.1 Å². The third kappa shape index (κ3) is 4.48. The zero-order chi connectivity index (χ0) is 15.1. The Labute approximate surface area is 122 Å². The molecule has 3 N–H and O–H groups in total. The van der Waals surface area contributed by atoms with Crippen molar-refractivity contribution >= 4 is 29.2 Å². The van der Waals surface area contributed by atoms with E-state index in [-0.39, 0.29) is 11.3 Å². The maximum absolute atomic E-state index is 11.9. The van der Waals surface area contributed by atoms with E-state index in [0.29, 0.717) is 18.1 Å². The number of carbonyl (C=O) groups is 2. The van der Waals surface area contributed by atoms with Crippen LogP contribution in [0.15, 0.2) is 18.2 Å². The summed E-state index contributed by atoms with van der Waals surface area (Å²) in [4.78, 5) is 23.5. The van der Waals surface area contributed by atoms with Crippen LogP contribution in [0.1, 0.15) is 16.8 Å².